The standard InChI is InChI=1S/C22H21F2N3O4/c23-14-9-15(24)11-16(10-14)31-20-5-7-26(12-19(20)28)21(29)6-8-27-13-25-18-4-2-1-3-17(18)22(27)30/h1-4,9-11,13,19-20,28H,5-8,12H2/t19-,20-/m1/s1. The van der Waals surface area contributed by atoms with Gasteiger partial charge in [0.2, 0.25) is 5.91 Å². The van der Waals surface area contributed by atoms with E-state index in [4.69, 9.17) is 4.74 Å². The number of fused-ring (bicyclic) bond motifs is 1. The number of halogens is 2. The molecule has 0 spiro atoms. The van der Waals surface area contributed by atoms with E-state index < -0.39 is 23.8 Å². The average Bonchev–Trinajstić information content (AvgIpc) is 2.74. The fraction of sp³-hybridized carbons (Fsp3) is 0.318. The molecule has 3 aromatic rings. The van der Waals surface area contributed by atoms with Gasteiger partial charge in [-0.3, -0.25) is 14.2 Å². The van der Waals surface area contributed by atoms with Crippen LogP contribution in [0.1, 0.15) is 12.8 Å². The number of benzene rings is 2. The minimum absolute atomic E-state index is 0.00972. The van der Waals surface area contributed by atoms with E-state index in [1.54, 1.807) is 24.3 Å². The van der Waals surface area contributed by atoms with Gasteiger partial charge in [0.15, 0.2) is 0 Å². The molecular formula is C22H21F2N3O4. The van der Waals surface area contributed by atoms with Crippen molar-refractivity contribution in [2.24, 2.45) is 0 Å². The van der Waals surface area contributed by atoms with Gasteiger partial charge in [0.25, 0.3) is 5.56 Å². The minimum Gasteiger partial charge on any atom is -0.487 e. The Kier molecular flexibility index (Phi) is 5.94. The number of carbonyl (C=O) groups excluding carboxylic acids is 1. The zero-order valence-corrected chi connectivity index (χ0v) is 16.6. The van der Waals surface area contributed by atoms with Crippen LogP contribution >= 0.6 is 0 Å². The molecule has 9 heteroatoms. The Hall–Kier alpha value is -3.33. The van der Waals surface area contributed by atoms with Crippen LogP contribution in [0.25, 0.3) is 10.9 Å². The van der Waals surface area contributed by atoms with Gasteiger partial charge in [-0.1, -0.05) is 12.1 Å². The zero-order valence-electron chi connectivity index (χ0n) is 16.6. The predicted octanol–water partition coefficient (Wildman–Crippen LogP) is 2.11. The second kappa shape index (κ2) is 8.81. The van der Waals surface area contributed by atoms with Crippen LogP contribution in [0, 0.1) is 11.6 Å². The lowest BCUT2D eigenvalue weighted by molar-refractivity contribution is -0.137. The van der Waals surface area contributed by atoms with Crippen molar-refractivity contribution < 1.29 is 23.4 Å². The lowest BCUT2D eigenvalue weighted by Gasteiger charge is -2.36. The fourth-order valence-electron chi connectivity index (χ4n) is 3.69. The number of hydrogen-bond acceptors (Lipinski definition) is 5. The molecule has 0 radical (unpaired) electrons. The lowest BCUT2D eigenvalue weighted by atomic mass is 10.0. The number of para-hydroxylation sites is 1. The van der Waals surface area contributed by atoms with Gasteiger partial charge in [-0.15, -0.1) is 0 Å². The quantitative estimate of drug-likeness (QED) is 0.672. The van der Waals surface area contributed by atoms with Crippen LogP contribution in [0.4, 0.5) is 8.78 Å². The highest BCUT2D eigenvalue weighted by atomic mass is 19.1. The number of aliphatic hydroxyl groups excluding tert-OH is 1. The van der Waals surface area contributed by atoms with Crippen LogP contribution in [-0.4, -0.2) is 50.8 Å². The molecule has 7 nitrogen and oxygen atoms in total. The zero-order chi connectivity index (χ0) is 22.0. The molecule has 31 heavy (non-hydrogen) atoms. The molecule has 1 saturated heterocycles. The van der Waals surface area contributed by atoms with Crippen LogP contribution in [0.15, 0.2) is 53.6 Å². The highest BCUT2D eigenvalue weighted by Gasteiger charge is 2.31. The molecule has 1 aliphatic rings. The first kappa shape index (κ1) is 20.9. The Labute approximate surface area is 176 Å². The van der Waals surface area contributed by atoms with Crippen LogP contribution in [0.5, 0.6) is 5.75 Å². The maximum absolute atomic E-state index is 13.3. The summed E-state index contributed by atoms with van der Waals surface area (Å²) in [6.07, 6.45) is 0.118. The number of aliphatic hydroxyl groups is 1. The van der Waals surface area contributed by atoms with Gasteiger partial charge in [-0.25, -0.2) is 13.8 Å². The van der Waals surface area contributed by atoms with E-state index >= 15 is 0 Å². The summed E-state index contributed by atoms with van der Waals surface area (Å²) >= 11 is 0. The highest BCUT2D eigenvalue weighted by molar-refractivity contribution is 5.77. The van der Waals surface area contributed by atoms with Gasteiger partial charge in [0, 0.05) is 44.1 Å². The highest BCUT2D eigenvalue weighted by Crippen LogP contribution is 2.22. The van der Waals surface area contributed by atoms with Gasteiger partial charge in [-0.2, -0.15) is 0 Å². The molecule has 0 bridgehead atoms. The lowest BCUT2D eigenvalue weighted by Crippen LogP contribution is -2.51. The molecule has 1 N–H and O–H groups in total. The van der Waals surface area contributed by atoms with Crippen LogP contribution in [-0.2, 0) is 11.3 Å². The van der Waals surface area contributed by atoms with E-state index in [-0.39, 0.29) is 36.7 Å². The van der Waals surface area contributed by atoms with Crippen molar-refractivity contribution in [1.29, 1.82) is 0 Å². The van der Waals surface area contributed by atoms with Crippen LogP contribution < -0.4 is 10.3 Å². The Morgan fingerprint density at radius 1 is 1.19 bits per heavy atom. The third-order valence-corrected chi connectivity index (χ3v) is 5.29. The molecule has 2 aromatic carbocycles. The van der Waals surface area contributed by atoms with Gasteiger partial charge in [0.05, 0.1) is 23.8 Å². The van der Waals surface area contributed by atoms with E-state index in [1.165, 1.54) is 15.8 Å². The van der Waals surface area contributed by atoms with Crippen molar-refractivity contribution in [2.45, 2.75) is 31.6 Å². The SMILES string of the molecule is O=C(CCn1cnc2ccccc2c1=O)N1CC[C@@H](Oc2cc(F)cc(F)c2)[C@H](O)C1. The maximum atomic E-state index is 13.3. The number of aryl methyl sites for hydroxylation is 1. The summed E-state index contributed by atoms with van der Waals surface area (Å²) in [6.45, 7) is 0.528. The molecule has 2 heterocycles. The largest absolute Gasteiger partial charge is 0.487 e. The number of ether oxygens (including phenoxy) is 1. The van der Waals surface area contributed by atoms with Crippen molar-refractivity contribution >= 4 is 16.8 Å². The number of likely N-dealkylation sites (tertiary alicyclic amines) is 1. The number of nitrogens with zero attached hydrogens (tertiary/aromatic N) is 3. The van der Waals surface area contributed by atoms with Gasteiger partial charge in [0.1, 0.15) is 29.6 Å². The third-order valence-electron chi connectivity index (χ3n) is 5.29. The Bertz CT molecular complexity index is 1150. The maximum Gasteiger partial charge on any atom is 0.261 e. The summed E-state index contributed by atoms with van der Waals surface area (Å²) in [5, 5.41) is 10.9. The van der Waals surface area contributed by atoms with E-state index in [2.05, 4.69) is 4.98 Å². The fourth-order valence-corrected chi connectivity index (χ4v) is 3.69. The average molecular weight is 429 g/mol. The number of aromatic nitrogens is 2. The summed E-state index contributed by atoms with van der Waals surface area (Å²) in [4.78, 5) is 30.8. The molecule has 0 aliphatic carbocycles. The normalized spacial score (nSPS) is 18.9. The molecule has 1 aliphatic heterocycles. The summed E-state index contributed by atoms with van der Waals surface area (Å²) in [5.74, 6) is -1.76. The minimum atomic E-state index is -1.01. The molecule has 0 unspecified atom stereocenters. The molecule has 1 fully saturated rings. The Morgan fingerprint density at radius 2 is 1.94 bits per heavy atom. The number of piperidine rings is 1. The molecule has 162 valence electrons. The number of β-amino-alcohol motifs (C(OH)–C–C–N with tert-alkyl or cyclic N) is 1. The smallest absolute Gasteiger partial charge is 0.261 e. The molecule has 1 aromatic heterocycles. The topological polar surface area (TPSA) is 84.7 Å². The Balaban J connectivity index is 1.34. The Morgan fingerprint density at radius 3 is 2.68 bits per heavy atom. The predicted molar refractivity (Wildman–Crippen MR) is 109 cm³/mol. The van der Waals surface area contributed by atoms with Crippen molar-refractivity contribution in [3.8, 4) is 5.75 Å². The molecule has 4 rings (SSSR count). The van der Waals surface area contributed by atoms with Crippen LogP contribution in [0.2, 0.25) is 0 Å². The molecular weight excluding hydrogens is 408 g/mol. The molecule has 2 atom stereocenters. The van der Waals surface area contributed by atoms with Gasteiger partial charge >= 0.3 is 0 Å². The van der Waals surface area contributed by atoms with E-state index in [1.807, 2.05) is 0 Å². The van der Waals surface area contributed by atoms with E-state index in [0.29, 0.717) is 23.9 Å². The number of rotatable bonds is 5. The summed E-state index contributed by atoms with van der Waals surface area (Å²) in [5.41, 5.74) is 0.381. The van der Waals surface area contributed by atoms with Crippen molar-refractivity contribution in [2.75, 3.05) is 13.1 Å². The molecule has 0 saturated carbocycles. The second-order valence-corrected chi connectivity index (χ2v) is 7.47. The first-order chi connectivity index (χ1) is 14.9. The first-order valence-corrected chi connectivity index (χ1v) is 9.93. The first-order valence-electron chi connectivity index (χ1n) is 9.93. The number of hydrogen-bond donors (Lipinski definition) is 1. The van der Waals surface area contributed by atoms with E-state index in [9.17, 15) is 23.5 Å². The second-order valence-electron chi connectivity index (χ2n) is 7.47. The van der Waals surface area contributed by atoms with Crippen LogP contribution in [0.3, 0.4) is 0 Å². The summed E-state index contributed by atoms with van der Waals surface area (Å²) in [6, 6.07) is 9.82. The van der Waals surface area contributed by atoms with Crippen molar-refractivity contribution in [3.63, 3.8) is 0 Å². The van der Waals surface area contributed by atoms with Crippen molar-refractivity contribution in [1.82, 2.24) is 14.5 Å². The van der Waals surface area contributed by atoms with E-state index in [0.717, 1.165) is 18.2 Å². The number of carbonyl (C=O) groups is 1. The number of amides is 1. The summed E-state index contributed by atoms with van der Waals surface area (Å²) in [7, 11) is 0. The third kappa shape index (κ3) is 4.72. The van der Waals surface area contributed by atoms with Gasteiger partial charge < -0.3 is 14.7 Å². The molecule has 1 amide bonds. The summed E-state index contributed by atoms with van der Waals surface area (Å²) < 4.78 is 33.6. The van der Waals surface area contributed by atoms with Gasteiger partial charge in [-0.05, 0) is 12.1 Å². The monoisotopic (exact) mass is 429 g/mol. The van der Waals surface area contributed by atoms with Crippen molar-refractivity contribution in [3.05, 3.63) is 70.8 Å².